The van der Waals surface area contributed by atoms with Crippen molar-refractivity contribution in [2.24, 2.45) is 0 Å². The fraction of sp³-hybridized carbons (Fsp3) is 0.643. The molecule has 1 aromatic rings. The van der Waals surface area contributed by atoms with Crippen LogP contribution in [0.3, 0.4) is 0 Å². The molecule has 2 fully saturated rings. The number of carbonyl (C=O) groups excluding carboxylic acids is 1. The van der Waals surface area contributed by atoms with Crippen LogP contribution in [0.2, 0.25) is 0 Å². The van der Waals surface area contributed by atoms with Crippen LogP contribution in [0.25, 0.3) is 0 Å². The van der Waals surface area contributed by atoms with Crippen molar-refractivity contribution in [3.63, 3.8) is 0 Å². The molecule has 0 bridgehead atoms. The van der Waals surface area contributed by atoms with Crippen LogP contribution in [-0.4, -0.2) is 49.3 Å². The van der Waals surface area contributed by atoms with E-state index in [4.69, 9.17) is 13.9 Å². The summed E-state index contributed by atoms with van der Waals surface area (Å²) in [5, 5.41) is 0. The van der Waals surface area contributed by atoms with Crippen molar-refractivity contribution in [2.45, 2.75) is 31.0 Å². The lowest BCUT2D eigenvalue weighted by atomic mass is 9.88. The van der Waals surface area contributed by atoms with Gasteiger partial charge in [0.05, 0.1) is 30.1 Å². The zero-order valence-corrected chi connectivity index (χ0v) is 11.1. The maximum Gasteiger partial charge on any atom is 0.257 e. The van der Waals surface area contributed by atoms with E-state index in [2.05, 4.69) is 0 Å². The fourth-order valence-corrected chi connectivity index (χ4v) is 2.99. The molecule has 5 heteroatoms. The first-order chi connectivity index (χ1) is 9.22. The number of nitrogens with zero attached hydrogens (tertiary/aromatic N) is 1. The van der Waals surface area contributed by atoms with Gasteiger partial charge in [-0.2, -0.15) is 0 Å². The Kier molecular flexibility index (Phi) is 3.33. The minimum Gasteiger partial charge on any atom is -0.472 e. The van der Waals surface area contributed by atoms with Crippen molar-refractivity contribution < 1.29 is 18.7 Å². The summed E-state index contributed by atoms with van der Waals surface area (Å²) in [5.41, 5.74) is 0.548. The summed E-state index contributed by atoms with van der Waals surface area (Å²) in [6.45, 7) is 2.15. The molecule has 1 amide bonds. The van der Waals surface area contributed by atoms with E-state index < -0.39 is 0 Å². The van der Waals surface area contributed by atoms with Gasteiger partial charge in [0, 0.05) is 26.6 Å². The average Bonchev–Trinajstić information content (AvgIpc) is 3.09. The lowest BCUT2D eigenvalue weighted by Crippen LogP contribution is -2.46. The van der Waals surface area contributed by atoms with Gasteiger partial charge in [0.15, 0.2) is 0 Å². The van der Waals surface area contributed by atoms with Crippen LogP contribution in [0, 0.1) is 0 Å². The molecule has 0 saturated carbocycles. The van der Waals surface area contributed by atoms with Gasteiger partial charge in [0.25, 0.3) is 5.91 Å². The Hall–Kier alpha value is -1.33. The second kappa shape index (κ2) is 4.98. The number of carbonyl (C=O) groups is 1. The summed E-state index contributed by atoms with van der Waals surface area (Å²) < 4.78 is 16.2. The highest BCUT2D eigenvalue weighted by Gasteiger charge is 2.43. The van der Waals surface area contributed by atoms with E-state index in [1.165, 1.54) is 12.5 Å². The zero-order valence-electron chi connectivity index (χ0n) is 11.1. The van der Waals surface area contributed by atoms with Crippen LogP contribution in [0.15, 0.2) is 23.0 Å². The molecule has 3 rings (SSSR count). The number of methoxy groups -OCH3 is 1. The van der Waals surface area contributed by atoms with E-state index >= 15 is 0 Å². The molecule has 0 N–H and O–H groups in total. The second-order valence-corrected chi connectivity index (χ2v) is 5.36. The molecular formula is C14H19NO4. The Labute approximate surface area is 112 Å². The monoisotopic (exact) mass is 265 g/mol. The first-order valence-electron chi connectivity index (χ1n) is 6.71. The zero-order chi connectivity index (χ0) is 13.3. The maximum absolute atomic E-state index is 12.2. The molecule has 1 atom stereocenters. The highest BCUT2D eigenvalue weighted by atomic mass is 16.6. The number of hydrogen-bond acceptors (Lipinski definition) is 4. The molecular weight excluding hydrogens is 246 g/mol. The molecule has 0 aliphatic carbocycles. The van der Waals surface area contributed by atoms with Crippen molar-refractivity contribution in [3.8, 4) is 0 Å². The molecule has 2 aliphatic rings. The van der Waals surface area contributed by atoms with Gasteiger partial charge in [-0.15, -0.1) is 0 Å². The van der Waals surface area contributed by atoms with Crippen LogP contribution in [0.5, 0.6) is 0 Å². The normalized spacial score (nSPS) is 25.9. The largest absolute Gasteiger partial charge is 0.472 e. The molecule has 1 spiro atoms. The van der Waals surface area contributed by atoms with Crippen molar-refractivity contribution >= 4 is 5.91 Å². The SMILES string of the molecule is COC1COC2(CCN(C(=O)c3ccoc3)CC2)C1. The second-order valence-electron chi connectivity index (χ2n) is 5.36. The van der Waals surface area contributed by atoms with Gasteiger partial charge < -0.3 is 18.8 Å². The Morgan fingerprint density at radius 2 is 2.26 bits per heavy atom. The van der Waals surface area contributed by atoms with E-state index in [1.54, 1.807) is 13.2 Å². The summed E-state index contributed by atoms with van der Waals surface area (Å²) in [7, 11) is 1.73. The van der Waals surface area contributed by atoms with E-state index in [0.717, 1.165) is 32.4 Å². The van der Waals surface area contributed by atoms with E-state index in [9.17, 15) is 4.79 Å². The molecule has 19 heavy (non-hydrogen) atoms. The van der Waals surface area contributed by atoms with Crippen molar-refractivity contribution in [2.75, 3.05) is 26.8 Å². The van der Waals surface area contributed by atoms with E-state index in [0.29, 0.717) is 12.2 Å². The quantitative estimate of drug-likeness (QED) is 0.816. The van der Waals surface area contributed by atoms with Crippen molar-refractivity contribution in [1.82, 2.24) is 4.90 Å². The summed E-state index contributed by atoms with van der Waals surface area (Å²) >= 11 is 0. The Balaban J connectivity index is 1.59. The first-order valence-corrected chi connectivity index (χ1v) is 6.71. The Bertz CT molecular complexity index is 434. The van der Waals surface area contributed by atoms with Gasteiger partial charge in [0.1, 0.15) is 6.26 Å². The number of amides is 1. The fourth-order valence-electron chi connectivity index (χ4n) is 2.99. The number of likely N-dealkylation sites (tertiary alicyclic amines) is 1. The number of hydrogen-bond donors (Lipinski definition) is 0. The van der Waals surface area contributed by atoms with Crippen LogP contribution in [-0.2, 0) is 9.47 Å². The summed E-state index contributed by atoms with van der Waals surface area (Å²) in [6, 6.07) is 1.71. The van der Waals surface area contributed by atoms with Gasteiger partial charge in [-0.1, -0.05) is 0 Å². The van der Waals surface area contributed by atoms with Gasteiger partial charge >= 0.3 is 0 Å². The number of piperidine rings is 1. The van der Waals surface area contributed by atoms with Crippen LogP contribution >= 0.6 is 0 Å². The number of ether oxygens (including phenoxy) is 2. The third kappa shape index (κ3) is 2.40. The number of rotatable bonds is 2. The lowest BCUT2D eigenvalue weighted by molar-refractivity contribution is -0.0402. The molecule has 2 aliphatic heterocycles. The minimum atomic E-state index is -0.0755. The Morgan fingerprint density at radius 3 is 2.84 bits per heavy atom. The predicted octanol–water partition coefficient (Wildman–Crippen LogP) is 1.69. The maximum atomic E-state index is 12.2. The van der Waals surface area contributed by atoms with Crippen LogP contribution in [0.4, 0.5) is 0 Å². The summed E-state index contributed by atoms with van der Waals surface area (Å²) in [4.78, 5) is 14.1. The highest BCUT2D eigenvalue weighted by molar-refractivity contribution is 5.93. The van der Waals surface area contributed by atoms with Crippen molar-refractivity contribution in [3.05, 3.63) is 24.2 Å². The van der Waals surface area contributed by atoms with Gasteiger partial charge in [-0.25, -0.2) is 0 Å². The average molecular weight is 265 g/mol. The van der Waals surface area contributed by atoms with Gasteiger partial charge in [-0.05, 0) is 18.9 Å². The molecule has 0 radical (unpaired) electrons. The molecule has 2 saturated heterocycles. The van der Waals surface area contributed by atoms with E-state index in [-0.39, 0.29) is 17.6 Å². The molecule has 104 valence electrons. The third-order valence-electron chi connectivity index (χ3n) is 4.24. The topological polar surface area (TPSA) is 51.9 Å². The lowest BCUT2D eigenvalue weighted by Gasteiger charge is -2.38. The molecule has 1 unspecified atom stereocenters. The number of furan rings is 1. The highest BCUT2D eigenvalue weighted by Crippen LogP contribution is 2.37. The van der Waals surface area contributed by atoms with Gasteiger partial charge in [-0.3, -0.25) is 4.79 Å². The molecule has 1 aromatic heterocycles. The third-order valence-corrected chi connectivity index (χ3v) is 4.24. The summed E-state index contributed by atoms with van der Waals surface area (Å²) in [6.07, 6.45) is 5.95. The first kappa shape index (κ1) is 12.7. The molecule has 3 heterocycles. The van der Waals surface area contributed by atoms with Gasteiger partial charge in [0.2, 0.25) is 0 Å². The molecule has 5 nitrogen and oxygen atoms in total. The predicted molar refractivity (Wildman–Crippen MR) is 67.9 cm³/mol. The smallest absolute Gasteiger partial charge is 0.257 e. The van der Waals surface area contributed by atoms with Crippen LogP contribution in [0.1, 0.15) is 29.6 Å². The van der Waals surface area contributed by atoms with Crippen LogP contribution < -0.4 is 0 Å². The van der Waals surface area contributed by atoms with Crippen molar-refractivity contribution in [1.29, 1.82) is 0 Å². The molecule has 0 aromatic carbocycles. The standard InChI is InChI=1S/C14H19NO4/c1-17-12-8-14(19-10-12)3-5-15(6-4-14)13(16)11-2-7-18-9-11/h2,7,9,12H,3-6,8,10H2,1H3. The Morgan fingerprint density at radius 1 is 1.47 bits per heavy atom. The minimum absolute atomic E-state index is 0.0462. The van der Waals surface area contributed by atoms with E-state index in [1.807, 2.05) is 4.90 Å². The summed E-state index contributed by atoms with van der Waals surface area (Å²) in [5.74, 6) is 0.0462.